The summed E-state index contributed by atoms with van der Waals surface area (Å²) in [5.41, 5.74) is -0.618. The molecule has 3 atom stereocenters. The van der Waals surface area contributed by atoms with Gasteiger partial charge in [0, 0.05) is 5.69 Å². The standard InChI is InChI=1S/C17H21F3N2O5/c1-26-15(24)8-12-6-7-13(14(9-23)27-12)22-16(25)21-11-4-2-10(3-5-11)17(18,19)20/h2-5,12-14,23H,6-9H2,1H3,(H2,21,22,25)/t12-,13+,14+/m1/s1. The van der Waals surface area contributed by atoms with Crippen molar-refractivity contribution >= 4 is 17.7 Å². The molecule has 0 saturated carbocycles. The van der Waals surface area contributed by atoms with Gasteiger partial charge in [0.2, 0.25) is 0 Å². The van der Waals surface area contributed by atoms with Crippen LogP contribution in [0.2, 0.25) is 0 Å². The van der Waals surface area contributed by atoms with Crippen molar-refractivity contribution in [1.29, 1.82) is 0 Å². The van der Waals surface area contributed by atoms with E-state index in [0.29, 0.717) is 12.8 Å². The van der Waals surface area contributed by atoms with Gasteiger partial charge in [-0.05, 0) is 37.1 Å². The van der Waals surface area contributed by atoms with Gasteiger partial charge in [-0.25, -0.2) is 4.79 Å². The zero-order valence-corrected chi connectivity index (χ0v) is 14.6. The third-order valence-corrected chi connectivity index (χ3v) is 4.20. The van der Waals surface area contributed by atoms with E-state index < -0.39 is 42.0 Å². The predicted octanol–water partition coefficient (Wildman–Crippen LogP) is 2.30. The lowest BCUT2D eigenvalue weighted by Crippen LogP contribution is -2.52. The van der Waals surface area contributed by atoms with Gasteiger partial charge >= 0.3 is 18.2 Å². The first-order valence-corrected chi connectivity index (χ1v) is 8.31. The summed E-state index contributed by atoms with van der Waals surface area (Å²) in [6.07, 6.45) is -4.56. The number of anilines is 1. The molecule has 1 saturated heterocycles. The summed E-state index contributed by atoms with van der Waals surface area (Å²) < 4.78 is 47.8. The Kier molecular flexibility index (Phi) is 7.03. The second kappa shape index (κ2) is 9.05. The summed E-state index contributed by atoms with van der Waals surface area (Å²) in [6.45, 7) is -0.358. The van der Waals surface area contributed by atoms with E-state index >= 15 is 0 Å². The van der Waals surface area contributed by atoms with E-state index in [4.69, 9.17) is 4.74 Å². The van der Waals surface area contributed by atoms with Crippen LogP contribution in [0.25, 0.3) is 0 Å². The van der Waals surface area contributed by atoms with Gasteiger partial charge in [0.15, 0.2) is 0 Å². The smallest absolute Gasteiger partial charge is 0.416 e. The molecule has 1 aliphatic rings. The van der Waals surface area contributed by atoms with Crippen LogP contribution in [0.15, 0.2) is 24.3 Å². The molecule has 3 N–H and O–H groups in total. The van der Waals surface area contributed by atoms with Gasteiger partial charge in [-0.15, -0.1) is 0 Å². The monoisotopic (exact) mass is 390 g/mol. The lowest BCUT2D eigenvalue weighted by molar-refractivity contribution is -0.149. The van der Waals surface area contributed by atoms with Crippen molar-refractivity contribution in [2.24, 2.45) is 0 Å². The van der Waals surface area contributed by atoms with Crippen LogP contribution in [0.5, 0.6) is 0 Å². The van der Waals surface area contributed by atoms with Crippen molar-refractivity contribution in [2.45, 2.75) is 43.7 Å². The van der Waals surface area contributed by atoms with E-state index in [-0.39, 0.29) is 18.7 Å². The van der Waals surface area contributed by atoms with Gasteiger partial charge in [-0.3, -0.25) is 4.79 Å². The predicted molar refractivity (Wildman–Crippen MR) is 89.0 cm³/mol. The number of methoxy groups -OCH3 is 1. The summed E-state index contributed by atoms with van der Waals surface area (Å²) in [5.74, 6) is -0.428. The lowest BCUT2D eigenvalue weighted by atomic mass is 9.97. The summed E-state index contributed by atoms with van der Waals surface area (Å²) in [4.78, 5) is 23.4. The summed E-state index contributed by atoms with van der Waals surface area (Å²) >= 11 is 0. The number of alkyl halides is 3. The van der Waals surface area contributed by atoms with Crippen LogP contribution in [-0.2, 0) is 20.4 Å². The molecule has 0 bridgehead atoms. The number of nitrogens with one attached hydrogen (secondary N) is 2. The topological polar surface area (TPSA) is 96.9 Å². The second-order valence-corrected chi connectivity index (χ2v) is 6.12. The number of carbonyl (C=O) groups excluding carboxylic acids is 2. The van der Waals surface area contributed by atoms with E-state index in [0.717, 1.165) is 24.3 Å². The van der Waals surface area contributed by atoms with Crippen molar-refractivity contribution in [3.8, 4) is 0 Å². The average Bonchev–Trinajstić information content (AvgIpc) is 2.62. The third kappa shape index (κ3) is 6.10. The molecule has 1 aromatic carbocycles. The Labute approximate surface area is 153 Å². The van der Waals surface area contributed by atoms with E-state index in [1.807, 2.05) is 0 Å². The van der Waals surface area contributed by atoms with Crippen LogP contribution in [0.1, 0.15) is 24.8 Å². The molecule has 0 unspecified atom stereocenters. The number of rotatable bonds is 5. The molecule has 27 heavy (non-hydrogen) atoms. The van der Waals surface area contributed by atoms with Crippen molar-refractivity contribution in [3.63, 3.8) is 0 Å². The van der Waals surface area contributed by atoms with E-state index in [9.17, 15) is 27.9 Å². The van der Waals surface area contributed by atoms with Gasteiger partial charge in [0.05, 0.1) is 37.8 Å². The highest BCUT2D eigenvalue weighted by Gasteiger charge is 2.33. The molecule has 2 amide bonds. The number of esters is 1. The van der Waals surface area contributed by atoms with Crippen LogP contribution in [-0.4, -0.2) is 49.1 Å². The number of hydrogen-bond acceptors (Lipinski definition) is 5. The number of carbonyl (C=O) groups is 2. The fourth-order valence-corrected chi connectivity index (χ4v) is 2.79. The fourth-order valence-electron chi connectivity index (χ4n) is 2.79. The molecule has 1 fully saturated rings. The molecule has 1 heterocycles. The van der Waals surface area contributed by atoms with Crippen molar-refractivity contribution in [3.05, 3.63) is 29.8 Å². The first-order valence-electron chi connectivity index (χ1n) is 8.31. The van der Waals surface area contributed by atoms with Gasteiger partial charge < -0.3 is 25.2 Å². The number of benzene rings is 1. The minimum absolute atomic E-state index is 0.0530. The number of amides is 2. The Morgan fingerprint density at radius 1 is 1.26 bits per heavy atom. The fraction of sp³-hybridized carbons (Fsp3) is 0.529. The first-order chi connectivity index (χ1) is 12.7. The van der Waals surface area contributed by atoms with Crippen molar-refractivity contribution in [2.75, 3.05) is 19.0 Å². The second-order valence-electron chi connectivity index (χ2n) is 6.12. The normalized spacial score (nSPS) is 22.8. The Balaban J connectivity index is 1.88. The molecule has 150 valence electrons. The molecule has 0 aromatic heterocycles. The molecule has 2 rings (SSSR count). The largest absolute Gasteiger partial charge is 0.469 e. The average molecular weight is 390 g/mol. The van der Waals surface area contributed by atoms with Crippen molar-refractivity contribution < 1.29 is 37.3 Å². The molecule has 0 radical (unpaired) electrons. The zero-order valence-electron chi connectivity index (χ0n) is 14.6. The van der Waals surface area contributed by atoms with Gasteiger partial charge in [-0.1, -0.05) is 0 Å². The summed E-state index contributed by atoms with van der Waals surface area (Å²) in [5, 5.41) is 14.5. The molecule has 0 aliphatic carbocycles. The number of aliphatic hydroxyl groups is 1. The first kappa shape index (κ1) is 21.0. The van der Waals surface area contributed by atoms with Crippen LogP contribution < -0.4 is 10.6 Å². The zero-order chi connectivity index (χ0) is 20.0. The number of hydrogen-bond donors (Lipinski definition) is 3. The molecule has 10 heteroatoms. The number of halogens is 3. The Hall–Kier alpha value is -2.33. The van der Waals surface area contributed by atoms with Crippen molar-refractivity contribution in [1.82, 2.24) is 5.32 Å². The molecule has 7 nitrogen and oxygen atoms in total. The quantitative estimate of drug-likeness (QED) is 0.671. The van der Waals surface area contributed by atoms with E-state index in [2.05, 4.69) is 15.4 Å². The highest BCUT2D eigenvalue weighted by Crippen LogP contribution is 2.29. The minimum atomic E-state index is -4.45. The summed E-state index contributed by atoms with van der Waals surface area (Å²) in [7, 11) is 1.27. The van der Waals surface area contributed by atoms with E-state index in [1.54, 1.807) is 0 Å². The number of aliphatic hydroxyl groups excluding tert-OH is 1. The number of ether oxygens (including phenoxy) is 2. The van der Waals surface area contributed by atoms with Crippen LogP contribution in [0, 0.1) is 0 Å². The third-order valence-electron chi connectivity index (χ3n) is 4.20. The lowest BCUT2D eigenvalue weighted by Gasteiger charge is -2.35. The Morgan fingerprint density at radius 3 is 2.48 bits per heavy atom. The maximum absolute atomic E-state index is 12.5. The molecule has 0 spiro atoms. The van der Waals surface area contributed by atoms with Crippen LogP contribution in [0.3, 0.4) is 0 Å². The maximum atomic E-state index is 12.5. The minimum Gasteiger partial charge on any atom is -0.469 e. The summed E-state index contributed by atoms with van der Waals surface area (Å²) in [6, 6.07) is 2.90. The van der Waals surface area contributed by atoms with Crippen LogP contribution >= 0.6 is 0 Å². The SMILES string of the molecule is COC(=O)C[C@H]1CC[C@H](NC(=O)Nc2ccc(C(F)(F)F)cc2)[C@H](CO)O1. The Bertz CT molecular complexity index is 651. The molecular weight excluding hydrogens is 369 g/mol. The molecule has 1 aromatic rings. The van der Waals surface area contributed by atoms with Gasteiger partial charge in [-0.2, -0.15) is 13.2 Å². The Morgan fingerprint density at radius 2 is 1.93 bits per heavy atom. The van der Waals surface area contributed by atoms with Gasteiger partial charge in [0.25, 0.3) is 0 Å². The van der Waals surface area contributed by atoms with E-state index in [1.165, 1.54) is 7.11 Å². The van der Waals surface area contributed by atoms with Crippen LogP contribution in [0.4, 0.5) is 23.7 Å². The highest BCUT2D eigenvalue weighted by atomic mass is 19.4. The number of urea groups is 1. The molecular formula is C17H21F3N2O5. The molecule has 1 aliphatic heterocycles. The highest BCUT2D eigenvalue weighted by molar-refractivity contribution is 5.89. The van der Waals surface area contributed by atoms with Gasteiger partial charge in [0.1, 0.15) is 6.10 Å². The maximum Gasteiger partial charge on any atom is 0.416 e.